The first kappa shape index (κ1) is 23.1. The van der Waals surface area contributed by atoms with E-state index in [1.54, 1.807) is 37.6 Å². The molecule has 1 aromatic heterocycles. The van der Waals surface area contributed by atoms with Crippen LogP contribution in [0.5, 0.6) is 17.2 Å². The summed E-state index contributed by atoms with van der Waals surface area (Å²) in [7, 11) is 1.59. The molecular weight excluding hydrogens is 432 g/mol. The van der Waals surface area contributed by atoms with Gasteiger partial charge in [0.25, 0.3) is 5.56 Å². The molecule has 0 fully saturated rings. The van der Waals surface area contributed by atoms with Gasteiger partial charge in [-0.2, -0.15) is 5.10 Å². The van der Waals surface area contributed by atoms with E-state index < -0.39 is 0 Å². The standard InChI is InChI=1S/C23H25ClN4O4/c1-4-10-32-22-18(24)11-15(12-20(22)31-5-2)14-25-28-23-26-19(13-21(29)27-23)16-6-8-17(30-3)9-7-16/h6-9,11-14H,4-5,10H2,1-3H3,(H2,26,27,28,29)/b25-14-. The van der Waals surface area contributed by atoms with Crippen LogP contribution in [0, 0.1) is 0 Å². The zero-order valence-corrected chi connectivity index (χ0v) is 18.9. The molecule has 0 bridgehead atoms. The van der Waals surface area contributed by atoms with Gasteiger partial charge in [-0.1, -0.05) is 18.5 Å². The summed E-state index contributed by atoms with van der Waals surface area (Å²) in [5.74, 6) is 1.98. The summed E-state index contributed by atoms with van der Waals surface area (Å²) in [4.78, 5) is 19.1. The van der Waals surface area contributed by atoms with Gasteiger partial charge in [-0.25, -0.2) is 10.4 Å². The van der Waals surface area contributed by atoms with Crippen LogP contribution in [0.3, 0.4) is 0 Å². The molecule has 0 aliphatic heterocycles. The first-order chi connectivity index (χ1) is 15.5. The molecule has 2 N–H and O–H groups in total. The Kier molecular flexibility index (Phi) is 8.10. The van der Waals surface area contributed by atoms with E-state index in [1.807, 2.05) is 26.0 Å². The predicted octanol–water partition coefficient (Wildman–Crippen LogP) is 4.73. The molecule has 0 saturated carbocycles. The van der Waals surface area contributed by atoms with Crippen LogP contribution in [0.4, 0.5) is 5.95 Å². The molecule has 32 heavy (non-hydrogen) atoms. The van der Waals surface area contributed by atoms with Crippen LogP contribution < -0.4 is 25.2 Å². The summed E-state index contributed by atoms with van der Waals surface area (Å²) in [6.45, 7) is 4.92. The van der Waals surface area contributed by atoms with Gasteiger partial charge in [-0.05, 0) is 55.3 Å². The van der Waals surface area contributed by atoms with Crippen molar-refractivity contribution in [3.05, 3.63) is 63.4 Å². The number of benzene rings is 2. The molecule has 2 aromatic carbocycles. The number of aromatic nitrogens is 2. The number of nitrogens with zero attached hydrogens (tertiary/aromatic N) is 2. The van der Waals surface area contributed by atoms with Crippen molar-refractivity contribution in [2.24, 2.45) is 5.10 Å². The quantitative estimate of drug-likeness (QED) is 0.338. The second-order valence-corrected chi connectivity index (χ2v) is 7.10. The van der Waals surface area contributed by atoms with E-state index in [-0.39, 0.29) is 11.5 Å². The molecule has 8 nitrogen and oxygen atoms in total. The van der Waals surface area contributed by atoms with Crippen LogP contribution in [0.25, 0.3) is 11.3 Å². The zero-order valence-electron chi connectivity index (χ0n) is 18.1. The van der Waals surface area contributed by atoms with Crippen LogP contribution in [0.1, 0.15) is 25.8 Å². The topological polar surface area (TPSA) is 97.8 Å². The Morgan fingerprint density at radius 3 is 2.62 bits per heavy atom. The molecule has 0 amide bonds. The molecule has 0 radical (unpaired) electrons. The minimum absolute atomic E-state index is 0.207. The predicted molar refractivity (Wildman–Crippen MR) is 126 cm³/mol. The van der Waals surface area contributed by atoms with Crippen LogP contribution in [-0.2, 0) is 0 Å². The second-order valence-electron chi connectivity index (χ2n) is 6.69. The van der Waals surface area contributed by atoms with E-state index in [4.69, 9.17) is 25.8 Å². The van der Waals surface area contributed by atoms with Gasteiger partial charge in [-0.15, -0.1) is 0 Å². The van der Waals surface area contributed by atoms with Crippen LogP contribution in [0.2, 0.25) is 5.02 Å². The normalized spacial score (nSPS) is 10.9. The molecule has 0 saturated heterocycles. The lowest BCUT2D eigenvalue weighted by atomic mass is 10.1. The summed E-state index contributed by atoms with van der Waals surface area (Å²) in [5.41, 5.74) is 4.43. The molecule has 0 aliphatic rings. The van der Waals surface area contributed by atoms with Gasteiger partial charge in [0.2, 0.25) is 5.95 Å². The average molecular weight is 457 g/mol. The maximum atomic E-state index is 12.1. The van der Waals surface area contributed by atoms with E-state index in [1.165, 1.54) is 6.07 Å². The molecule has 3 aromatic rings. The number of H-pyrrole nitrogens is 1. The Labute approximate surface area is 191 Å². The number of rotatable bonds is 10. The highest BCUT2D eigenvalue weighted by Crippen LogP contribution is 2.36. The van der Waals surface area contributed by atoms with Gasteiger partial charge in [-0.3, -0.25) is 9.78 Å². The van der Waals surface area contributed by atoms with Crippen LogP contribution >= 0.6 is 11.6 Å². The molecule has 168 valence electrons. The van der Waals surface area contributed by atoms with E-state index in [0.29, 0.717) is 41.0 Å². The van der Waals surface area contributed by atoms with Gasteiger partial charge in [0, 0.05) is 11.6 Å². The molecule has 0 aliphatic carbocycles. The van der Waals surface area contributed by atoms with E-state index >= 15 is 0 Å². The smallest absolute Gasteiger partial charge is 0.252 e. The molecule has 0 spiro atoms. The Morgan fingerprint density at radius 2 is 1.94 bits per heavy atom. The Balaban J connectivity index is 1.79. The number of aromatic amines is 1. The van der Waals surface area contributed by atoms with Crippen molar-refractivity contribution in [3.63, 3.8) is 0 Å². The molecular formula is C23H25ClN4O4. The minimum Gasteiger partial charge on any atom is -0.497 e. The molecule has 3 rings (SSSR count). The Hall–Kier alpha value is -3.52. The molecule has 0 atom stereocenters. The first-order valence-electron chi connectivity index (χ1n) is 10.2. The van der Waals surface area contributed by atoms with Gasteiger partial charge >= 0.3 is 0 Å². The van der Waals surface area contributed by atoms with Gasteiger partial charge < -0.3 is 14.2 Å². The highest BCUT2D eigenvalue weighted by molar-refractivity contribution is 6.32. The number of hydrogen-bond donors (Lipinski definition) is 2. The van der Waals surface area contributed by atoms with Crippen molar-refractivity contribution in [1.29, 1.82) is 0 Å². The van der Waals surface area contributed by atoms with Crippen LogP contribution in [0.15, 0.2) is 52.4 Å². The van der Waals surface area contributed by atoms with Crippen molar-refractivity contribution in [2.45, 2.75) is 20.3 Å². The van der Waals surface area contributed by atoms with Crippen LogP contribution in [-0.4, -0.2) is 36.5 Å². The number of ether oxygens (including phenoxy) is 3. The third-order valence-electron chi connectivity index (χ3n) is 4.29. The highest BCUT2D eigenvalue weighted by atomic mass is 35.5. The van der Waals surface area contributed by atoms with Crippen molar-refractivity contribution in [3.8, 4) is 28.5 Å². The van der Waals surface area contributed by atoms with Crippen molar-refractivity contribution < 1.29 is 14.2 Å². The fourth-order valence-electron chi connectivity index (χ4n) is 2.86. The number of nitrogens with one attached hydrogen (secondary N) is 2. The third kappa shape index (κ3) is 6.01. The molecule has 9 heteroatoms. The van der Waals surface area contributed by atoms with E-state index in [9.17, 15) is 4.79 Å². The summed E-state index contributed by atoms with van der Waals surface area (Å²) < 4.78 is 16.5. The van der Waals surface area contributed by atoms with Gasteiger partial charge in [0.15, 0.2) is 11.5 Å². The number of hydrazone groups is 1. The lowest BCUT2D eigenvalue weighted by Crippen LogP contribution is -2.10. The number of halogens is 1. The Morgan fingerprint density at radius 1 is 1.16 bits per heavy atom. The highest BCUT2D eigenvalue weighted by Gasteiger charge is 2.12. The maximum absolute atomic E-state index is 12.1. The second kappa shape index (κ2) is 11.2. The fraction of sp³-hybridized carbons (Fsp3) is 0.261. The lowest BCUT2D eigenvalue weighted by Gasteiger charge is -2.13. The van der Waals surface area contributed by atoms with E-state index in [0.717, 1.165) is 17.7 Å². The maximum Gasteiger partial charge on any atom is 0.252 e. The Bertz CT molecular complexity index is 1130. The third-order valence-corrected chi connectivity index (χ3v) is 4.57. The monoisotopic (exact) mass is 456 g/mol. The lowest BCUT2D eigenvalue weighted by molar-refractivity contribution is 0.277. The zero-order chi connectivity index (χ0) is 22.9. The van der Waals surface area contributed by atoms with E-state index in [2.05, 4.69) is 20.5 Å². The van der Waals surface area contributed by atoms with Gasteiger partial charge in [0.05, 0.1) is 37.3 Å². The molecule has 1 heterocycles. The largest absolute Gasteiger partial charge is 0.497 e. The number of anilines is 1. The first-order valence-corrected chi connectivity index (χ1v) is 10.6. The fourth-order valence-corrected chi connectivity index (χ4v) is 3.13. The SMILES string of the molecule is CCCOc1c(Cl)cc(/C=N\Nc2nc(-c3ccc(OC)cc3)cc(=O)[nH]2)cc1OCC. The summed E-state index contributed by atoms with van der Waals surface area (Å²) in [6, 6.07) is 12.2. The average Bonchev–Trinajstić information content (AvgIpc) is 2.78. The number of methoxy groups -OCH3 is 1. The van der Waals surface area contributed by atoms with Crippen molar-refractivity contribution in [1.82, 2.24) is 9.97 Å². The summed E-state index contributed by atoms with van der Waals surface area (Å²) in [5, 5.41) is 4.60. The summed E-state index contributed by atoms with van der Waals surface area (Å²) >= 11 is 6.38. The van der Waals surface area contributed by atoms with Crippen molar-refractivity contribution in [2.75, 3.05) is 25.7 Å². The molecule has 0 unspecified atom stereocenters. The van der Waals surface area contributed by atoms with Gasteiger partial charge in [0.1, 0.15) is 5.75 Å². The minimum atomic E-state index is -0.303. The number of hydrogen-bond acceptors (Lipinski definition) is 7. The van der Waals surface area contributed by atoms with Crippen molar-refractivity contribution >= 4 is 23.8 Å². The summed E-state index contributed by atoms with van der Waals surface area (Å²) in [6.07, 6.45) is 2.41.